The van der Waals surface area contributed by atoms with E-state index in [1.807, 2.05) is 91.0 Å². The number of nitrogens with zero attached hydrogens (tertiary/aromatic N) is 1. The van der Waals surface area contributed by atoms with Gasteiger partial charge in [-0.05, 0) is 59.0 Å². The molecular formula is C40H32N2O4. The highest BCUT2D eigenvalue weighted by molar-refractivity contribution is 6.16. The van der Waals surface area contributed by atoms with Gasteiger partial charge in [0.2, 0.25) is 0 Å². The first kappa shape index (κ1) is 27.1. The molecule has 5 atom stereocenters. The van der Waals surface area contributed by atoms with Crippen LogP contribution in [0.1, 0.15) is 50.2 Å². The zero-order valence-corrected chi connectivity index (χ0v) is 25.4. The molecule has 2 spiro atoms. The van der Waals surface area contributed by atoms with E-state index in [1.54, 1.807) is 7.11 Å². The van der Waals surface area contributed by atoms with Crippen molar-refractivity contribution in [3.63, 3.8) is 0 Å². The molecule has 0 saturated carbocycles. The molecular weight excluding hydrogens is 572 g/mol. The Morgan fingerprint density at radius 1 is 0.761 bits per heavy atom. The lowest BCUT2D eigenvalue weighted by molar-refractivity contribution is -0.138. The van der Waals surface area contributed by atoms with Gasteiger partial charge in [-0.15, -0.1) is 0 Å². The molecule has 226 valence electrons. The zero-order valence-electron chi connectivity index (χ0n) is 25.4. The first-order valence-electron chi connectivity index (χ1n) is 15.8. The summed E-state index contributed by atoms with van der Waals surface area (Å²) in [4.78, 5) is 33.5. The number of carbonyl (C=O) groups is 2. The topological polar surface area (TPSA) is 67.9 Å². The van der Waals surface area contributed by atoms with Crippen molar-refractivity contribution in [2.24, 2.45) is 5.41 Å². The Morgan fingerprint density at radius 3 is 2.26 bits per heavy atom. The van der Waals surface area contributed by atoms with Gasteiger partial charge in [0.15, 0.2) is 5.78 Å². The third-order valence-electron chi connectivity index (χ3n) is 10.8. The van der Waals surface area contributed by atoms with Crippen LogP contribution in [0.4, 0.5) is 5.69 Å². The summed E-state index contributed by atoms with van der Waals surface area (Å²) in [7, 11) is 1.65. The summed E-state index contributed by atoms with van der Waals surface area (Å²) in [6.45, 7) is 0.521. The molecule has 1 fully saturated rings. The molecule has 5 aromatic rings. The number of nitrogens with one attached hydrogen (secondary N) is 1. The van der Waals surface area contributed by atoms with Crippen LogP contribution in [0.5, 0.6) is 11.5 Å². The minimum atomic E-state index is -1.39. The molecule has 1 N–H and O–H groups in total. The van der Waals surface area contributed by atoms with Gasteiger partial charge in [-0.2, -0.15) is 0 Å². The molecule has 0 radical (unpaired) electrons. The predicted octanol–water partition coefficient (Wildman–Crippen LogP) is 7.07. The summed E-state index contributed by atoms with van der Waals surface area (Å²) in [6, 6.07) is 41.7. The quantitative estimate of drug-likeness (QED) is 0.239. The van der Waals surface area contributed by atoms with Crippen LogP contribution in [0.2, 0.25) is 0 Å². The van der Waals surface area contributed by atoms with Crippen molar-refractivity contribution in [3.8, 4) is 11.5 Å². The van der Waals surface area contributed by atoms with Crippen molar-refractivity contribution in [1.29, 1.82) is 0 Å². The number of amides is 1. The third-order valence-corrected chi connectivity index (χ3v) is 10.8. The Hall–Kier alpha value is -5.20. The SMILES string of the molecule is COc1ccc([C@H]2[C@@H]3Cc4ccccc4CN3[C@@]3(C(=O)Nc4ccccc43)[C@]23C(=O)c2ccccc2OC3c2ccccc2)cc1. The van der Waals surface area contributed by atoms with Crippen LogP contribution in [-0.4, -0.2) is 29.7 Å². The summed E-state index contributed by atoms with van der Waals surface area (Å²) < 4.78 is 12.7. The van der Waals surface area contributed by atoms with Gasteiger partial charge >= 0.3 is 0 Å². The fourth-order valence-electron chi connectivity index (χ4n) is 9.15. The molecule has 4 aliphatic rings. The Bertz CT molecular complexity index is 2030. The maximum absolute atomic E-state index is 16.0. The summed E-state index contributed by atoms with van der Waals surface area (Å²) in [6.07, 6.45) is -0.0868. The van der Waals surface area contributed by atoms with Crippen molar-refractivity contribution in [2.45, 2.75) is 36.6 Å². The van der Waals surface area contributed by atoms with Crippen molar-refractivity contribution in [3.05, 3.63) is 161 Å². The lowest BCUT2D eigenvalue weighted by atomic mass is 9.52. The smallest absolute Gasteiger partial charge is 0.250 e. The minimum Gasteiger partial charge on any atom is -0.497 e. The number of methoxy groups -OCH3 is 1. The first-order chi connectivity index (χ1) is 22.6. The van der Waals surface area contributed by atoms with Crippen LogP contribution in [0.15, 0.2) is 127 Å². The highest BCUT2D eigenvalue weighted by Gasteiger charge is 2.81. The molecule has 1 unspecified atom stereocenters. The molecule has 4 aliphatic heterocycles. The number of hydrogen-bond donors (Lipinski definition) is 1. The number of fused-ring (bicyclic) bond motifs is 7. The number of Topliss-reactive ketones (excluding diaryl/α,β-unsaturated/α-hetero) is 1. The van der Waals surface area contributed by atoms with E-state index in [0.717, 1.165) is 28.1 Å². The van der Waals surface area contributed by atoms with E-state index < -0.39 is 23.0 Å². The average molecular weight is 605 g/mol. The van der Waals surface area contributed by atoms with Gasteiger partial charge in [0.1, 0.15) is 28.6 Å². The second-order valence-electron chi connectivity index (χ2n) is 12.7. The molecule has 6 heteroatoms. The molecule has 0 aromatic heterocycles. The Kier molecular flexibility index (Phi) is 5.84. The molecule has 6 nitrogen and oxygen atoms in total. The van der Waals surface area contributed by atoms with Crippen molar-refractivity contribution in [1.82, 2.24) is 4.90 Å². The van der Waals surface area contributed by atoms with Gasteiger partial charge in [-0.1, -0.05) is 97.1 Å². The first-order valence-corrected chi connectivity index (χ1v) is 15.8. The lowest BCUT2D eigenvalue weighted by Gasteiger charge is -2.52. The maximum atomic E-state index is 16.0. The number of para-hydroxylation sites is 2. The molecule has 1 saturated heterocycles. The normalized spacial score (nSPS) is 27.4. The highest BCUT2D eigenvalue weighted by Crippen LogP contribution is 2.73. The largest absolute Gasteiger partial charge is 0.497 e. The van der Waals surface area contributed by atoms with E-state index >= 15 is 9.59 Å². The zero-order chi connectivity index (χ0) is 31.0. The molecule has 46 heavy (non-hydrogen) atoms. The van der Waals surface area contributed by atoms with Gasteiger partial charge < -0.3 is 14.8 Å². The number of hydrogen-bond acceptors (Lipinski definition) is 5. The lowest BCUT2D eigenvalue weighted by Crippen LogP contribution is -2.64. The standard InChI is InChI=1S/C40H32N2O4/c1-45-29-21-19-25(20-22-29)35-33-23-27-13-5-6-14-28(27)24-42(33)40(31-16-8-9-17-32(31)41-38(40)44)39(35)36(43)30-15-7-10-18-34(30)46-37(39)26-11-3-2-4-12-26/h2-22,33,35,37H,23-24H2,1H3,(H,41,44)/t33-,35-,37?,39-,40-/m0/s1. The van der Waals surface area contributed by atoms with Crippen molar-refractivity contribution < 1.29 is 19.1 Å². The Morgan fingerprint density at radius 2 is 1.46 bits per heavy atom. The van der Waals surface area contributed by atoms with E-state index in [1.165, 1.54) is 11.1 Å². The number of rotatable bonds is 3. The van der Waals surface area contributed by atoms with E-state index in [2.05, 4.69) is 46.6 Å². The number of ketones is 1. The van der Waals surface area contributed by atoms with E-state index in [4.69, 9.17) is 9.47 Å². The van der Waals surface area contributed by atoms with E-state index in [-0.39, 0.29) is 17.7 Å². The average Bonchev–Trinajstić information content (AvgIpc) is 3.55. The van der Waals surface area contributed by atoms with E-state index in [9.17, 15) is 0 Å². The minimum absolute atomic E-state index is 0.0747. The number of carbonyl (C=O) groups excluding carboxylic acids is 2. The number of benzene rings is 5. The number of ether oxygens (including phenoxy) is 2. The molecule has 0 bridgehead atoms. The van der Waals surface area contributed by atoms with E-state index in [0.29, 0.717) is 24.3 Å². The van der Waals surface area contributed by atoms with Crippen LogP contribution in [-0.2, 0) is 23.3 Å². The van der Waals surface area contributed by atoms with Crippen LogP contribution >= 0.6 is 0 Å². The molecule has 0 aliphatic carbocycles. The maximum Gasteiger partial charge on any atom is 0.250 e. The fraction of sp³-hybridized carbons (Fsp3) is 0.200. The fourth-order valence-corrected chi connectivity index (χ4v) is 9.15. The van der Waals surface area contributed by atoms with Crippen LogP contribution in [0, 0.1) is 5.41 Å². The van der Waals surface area contributed by atoms with Gasteiger partial charge in [-0.25, -0.2) is 0 Å². The van der Waals surface area contributed by atoms with Crippen molar-refractivity contribution >= 4 is 17.4 Å². The Labute approximate surface area is 267 Å². The van der Waals surface area contributed by atoms with Gasteiger partial charge in [-0.3, -0.25) is 14.5 Å². The van der Waals surface area contributed by atoms with Crippen molar-refractivity contribution in [2.75, 3.05) is 12.4 Å². The van der Waals surface area contributed by atoms with Gasteiger partial charge in [0.25, 0.3) is 5.91 Å². The molecule has 1 amide bonds. The molecule has 9 rings (SSSR count). The van der Waals surface area contributed by atoms with Gasteiger partial charge in [0.05, 0.1) is 12.7 Å². The van der Waals surface area contributed by atoms with Crippen LogP contribution in [0.3, 0.4) is 0 Å². The molecule has 5 aromatic carbocycles. The summed E-state index contributed by atoms with van der Waals surface area (Å²) in [5.41, 5.74) is 3.53. The molecule has 4 heterocycles. The summed E-state index contributed by atoms with van der Waals surface area (Å²) in [5.74, 6) is 0.586. The second-order valence-corrected chi connectivity index (χ2v) is 12.7. The highest BCUT2D eigenvalue weighted by atomic mass is 16.5. The number of anilines is 1. The van der Waals surface area contributed by atoms with Gasteiger partial charge in [0, 0.05) is 29.8 Å². The van der Waals surface area contributed by atoms with Crippen LogP contribution in [0.25, 0.3) is 0 Å². The summed E-state index contributed by atoms with van der Waals surface area (Å²) >= 11 is 0. The summed E-state index contributed by atoms with van der Waals surface area (Å²) in [5, 5.41) is 3.26. The predicted molar refractivity (Wildman–Crippen MR) is 175 cm³/mol. The monoisotopic (exact) mass is 604 g/mol. The second kappa shape index (κ2) is 9.90. The van der Waals surface area contributed by atoms with Crippen LogP contribution < -0.4 is 14.8 Å². The Balaban J connectivity index is 1.45. The third kappa shape index (κ3) is 3.34.